The van der Waals surface area contributed by atoms with E-state index in [4.69, 9.17) is 0 Å². The molecule has 0 bridgehead atoms. The average molecular weight is 339 g/mol. The lowest BCUT2D eigenvalue weighted by atomic mass is 10.2. The zero-order chi connectivity index (χ0) is 16.8. The second-order valence-corrected chi connectivity index (χ2v) is 6.09. The Bertz CT molecular complexity index is 600. The molecule has 1 aromatic carbocycles. The minimum atomic E-state index is -4.50. The number of carbonyl (C=O) groups is 1. The third-order valence-electron chi connectivity index (χ3n) is 2.54. The van der Waals surface area contributed by atoms with Crippen molar-refractivity contribution in [1.82, 2.24) is 15.4 Å². The highest BCUT2D eigenvalue weighted by Gasteiger charge is 2.27. The molecule has 0 atom stereocenters. The van der Waals surface area contributed by atoms with Crippen molar-refractivity contribution < 1.29 is 26.4 Å². The molecule has 10 heteroatoms. The normalized spacial score (nSPS) is 12.2. The van der Waals surface area contributed by atoms with Crippen molar-refractivity contribution in [2.24, 2.45) is 0 Å². The van der Waals surface area contributed by atoms with Gasteiger partial charge in [0.05, 0.1) is 4.90 Å². The van der Waals surface area contributed by atoms with Crippen LogP contribution in [0.15, 0.2) is 29.2 Å². The third-order valence-corrected chi connectivity index (χ3v) is 4.02. The van der Waals surface area contributed by atoms with Crippen LogP contribution in [0.3, 0.4) is 0 Å². The van der Waals surface area contributed by atoms with Crippen LogP contribution in [0, 0.1) is 0 Å². The van der Waals surface area contributed by atoms with Crippen LogP contribution in [-0.4, -0.2) is 47.2 Å². The summed E-state index contributed by atoms with van der Waals surface area (Å²) in [5, 5.41) is 4.47. The lowest BCUT2D eigenvalue weighted by Crippen LogP contribution is -2.33. The second kappa shape index (κ2) is 7.56. The predicted molar refractivity (Wildman–Crippen MR) is 73.9 cm³/mol. The van der Waals surface area contributed by atoms with E-state index in [0.29, 0.717) is 6.54 Å². The van der Waals surface area contributed by atoms with Crippen molar-refractivity contribution in [3.63, 3.8) is 0 Å². The van der Waals surface area contributed by atoms with Crippen molar-refractivity contribution in [2.45, 2.75) is 11.1 Å². The molecule has 1 aromatic rings. The van der Waals surface area contributed by atoms with Crippen molar-refractivity contribution in [2.75, 3.05) is 26.7 Å². The first-order chi connectivity index (χ1) is 10.2. The van der Waals surface area contributed by atoms with E-state index in [9.17, 15) is 26.4 Å². The highest BCUT2D eigenvalue weighted by atomic mass is 32.2. The SMILES string of the molecule is CNCCNS(=O)(=O)c1ccc(C(=O)NCC(F)(F)F)cc1. The first-order valence-corrected chi connectivity index (χ1v) is 7.73. The molecular formula is C12H16F3N3O3S. The van der Waals surface area contributed by atoms with Crippen molar-refractivity contribution in [1.29, 1.82) is 0 Å². The summed E-state index contributed by atoms with van der Waals surface area (Å²) in [4.78, 5) is 11.4. The Morgan fingerprint density at radius 2 is 1.73 bits per heavy atom. The molecule has 0 saturated carbocycles. The van der Waals surface area contributed by atoms with Crippen LogP contribution in [0.4, 0.5) is 13.2 Å². The minimum Gasteiger partial charge on any atom is -0.343 e. The molecule has 0 saturated heterocycles. The molecule has 6 nitrogen and oxygen atoms in total. The minimum absolute atomic E-state index is 0.0570. The monoisotopic (exact) mass is 339 g/mol. The van der Waals surface area contributed by atoms with Gasteiger partial charge in [0.2, 0.25) is 10.0 Å². The molecule has 124 valence electrons. The number of halogens is 3. The van der Waals surface area contributed by atoms with Crippen LogP contribution in [0.2, 0.25) is 0 Å². The quantitative estimate of drug-likeness (QED) is 0.631. The maximum absolute atomic E-state index is 12.0. The van der Waals surface area contributed by atoms with Gasteiger partial charge >= 0.3 is 6.18 Å². The van der Waals surface area contributed by atoms with Gasteiger partial charge in [0.15, 0.2) is 0 Å². The van der Waals surface area contributed by atoms with Gasteiger partial charge in [-0.15, -0.1) is 0 Å². The van der Waals surface area contributed by atoms with E-state index in [1.165, 1.54) is 0 Å². The topological polar surface area (TPSA) is 87.3 Å². The molecular weight excluding hydrogens is 323 g/mol. The Labute approximate surface area is 126 Å². The van der Waals surface area contributed by atoms with E-state index in [-0.39, 0.29) is 17.0 Å². The van der Waals surface area contributed by atoms with Gasteiger partial charge in [0, 0.05) is 18.7 Å². The summed E-state index contributed by atoms with van der Waals surface area (Å²) in [7, 11) is -2.04. The molecule has 0 aliphatic carbocycles. The van der Waals surface area contributed by atoms with E-state index in [1.807, 2.05) is 0 Å². The molecule has 0 aliphatic rings. The number of carbonyl (C=O) groups excluding carboxylic acids is 1. The summed E-state index contributed by atoms with van der Waals surface area (Å²) in [6.45, 7) is -0.818. The van der Waals surface area contributed by atoms with Gasteiger partial charge in [-0.05, 0) is 31.3 Å². The zero-order valence-corrected chi connectivity index (χ0v) is 12.5. The van der Waals surface area contributed by atoms with Gasteiger partial charge in [-0.25, -0.2) is 13.1 Å². The van der Waals surface area contributed by atoms with Crippen molar-refractivity contribution in [3.8, 4) is 0 Å². The van der Waals surface area contributed by atoms with Crippen LogP contribution >= 0.6 is 0 Å². The smallest absolute Gasteiger partial charge is 0.343 e. The lowest BCUT2D eigenvalue weighted by Gasteiger charge is -2.09. The Balaban J connectivity index is 2.72. The number of nitrogens with one attached hydrogen (secondary N) is 3. The van der Waals surface area contributed by atoms with Gasteiger partial charge in [0.1, 0.15) is 6.54 Å². The van der Waals surface area contributed by atoms with Crippen molar-refractivity contribution >= 4 is 15.9 Å². The predicted octanol–water partition coefficient (Wildman–Crippen LogP) is 0.476. The van der Waals surface area contributed by atoms with Gasteiger partial charge in [0.25, 0.3) is 5.91 Å². The van der Waals surface area contributed by atoms with Gasteiger partial charge in [-0.2, -0.15) is 13.2 Å². The number of benzene rings is 1. The Kier molecular flexibility index (Phi) is 6.33. The lowest BCUT2D eigenvalue weighted by molar-refractivity contribution is -0.123. The molecule has 3 N–H and O–H groups in total. The van der Waals surface area contributed by atoms with E-state index < -0.39 is 28.7 Å². The van der Waals surface area contributed by atoms with E-state index in [1.54, 1.807) is 12.4 Å². The first-order valence-electron chi connectivity index (χ1n) is 6.25. The van der Waals surface area contributed by atoms with Crippen LogP contribution in [0.5, 0.6) is 0 Å². The van der Waals surface area contributed by atoms with E-state index in [0.717, 1.165) is 24.3 Å². The standard InChI is InChI=1S/C12H16F3N3O3S/c1-16-6-7-18-22(20,21)10-4-2-9(3-5-10)11(19)17-8-12(13,14)15/h2-5,16,18H,6-8H2,1H3,(H,17,19). The highest BCUT2D eigenvalue weighted by molar-refractivity contribution is 7.89. The van der Waals surface area contributed by atoms with E-state index in [2.05, 4.69) is 10.0 Å². The van der Waals surface area contributed by atoms with Gasteiger partial charge in [-0.1, -0.05) is 0 Å². The fraction of sp³-hybridized carbons (Fsp3) is 0.417. The fourth-order valence-electron chi connectivity index (χ4n) is 1.46. The van der Waals surface area contributed by atoms with Crippen molar-refractivity contribution in [3.05, 3.63) is 29.8 Å². The first kappa shape index (κ1) is 18.4. The number of rotatable bonds is 7. The second-order valence-electron chi connectivity index (χ2n) is 4.32. The van der Waals surface area contributed by atoms with Crippen LogP contribution in [-0.2, 0) is 10.0 Å². The molecule has 0 unspecified atom stereocenters. The van der Waals surface area contributed by atoms with Gasteiger partial charge in [-0.3, -0.25) is 4.79 Å². The summed E-state index contributed by atoms with van der Waals surface area (Å²) in [6, 6.07) is 4.62. The number of hydrogen-bond donors (Lipinski definition) is 3. The summed E-state index contributed by atoms with van der Waals surface area (Å²) in [6.07, 6.45) is -4.50. The molecule has 1 rings (SSSR count). The van der Waals surface area contributed by atoms with Crippen LogP contribution < -0.4 is 15.4 Å². The Hall–Kier alpha value is -1.65. The summed E-state index contributed by atoms with van der Waals surface area (Å²) in [5.41, 5.74) is -0.0570. The molecule has 0 spiro atoms. The molecule has 0 aromatic heterocycles. The Morgan fingerprint density at radius 3 is 2.23 bits per heavy atom. The number of sulfonamides is 1. The third kappa shape index (κ3) is 6.00. The number of likely N-dealkylation sites (N-methyl/N-ethyl adjacent to an activating group) is 1. The van der Waals surface area contributed by atoms with Gasteiger partial charge < -0.3 is 10.6 Å². The number of alkyl halides is 3. The van der Waals surface area contributed by atoms with E-state index >= 15 is 0 Å². The van der Waals surface area contributed by atoms with Crippen LogP contribution in [0.1, 0.15) is 10.4 Å². The number of hydrogen-bond acceptors (Lipinski definition) is 4. The maximum atomic E-state index is 12.0. The molecule has 0 heterocycles. The number of amides is 1. The Morgan fingerprint density at radius 1 is 1.14 bits per heavy atom. The molecule has 0 fully saturated rings. The average Bonchev–Trinajstić information content (AvgIpc) is 2.44. The summed E-state index contributed by atoms with van der Waals surface area (Å²) in [5.74, 6) is -0.926. The highest BCUT2D eigenvalue weighted by Crippen LogP contribution is 2.14. The molecule has 0 radical (unpaired) electrons. The summed E-state index contributed by atoms with van der Waals surface area (Å²) < 4.78 is 62.0. The largest absolute Gasteiger partial charge is 0.405 e. The summed E-state index contributed by atoms with van der Waals surface area (Å²) >= 11 is 0. The zero-order valence-electron chi connectivity index (χ0n) is 11.7. The molecule has 1 amide bonds. The molecule has 22 heavy (non-hydrogen) atoms. The molecule has 0 aliphatic heterocycles. The van der Waals surface area contributed by atoms with Crippen LogP contribution in [0.25, 0.3) is 0 Å². The fourth-order valence-corrected chi connectivity index (χ4v) is 2.49. The maximum Gasteiger partial charge on any atom is 0.405 e.